The van der Waals surface area contributed by atoms with Crippen LogP contribution in [0.4, 0.5) is 10.1 Å². The number of hydrogen-bond donors (Lipinski definition) is 2. The molecule has 9 heteroatoms. The molecule has 0 bridgehead atoms. The first kappa shape index (κ1) is 22.2. The molecule has 31 heavy (non-hydrogen) atoms. The lowest BCUT2D eigenvalue weighted by molar-refractivity contribution is -0.113. The average Bonchev–Trinajstić information content (AvgIpc) is 3.15. The van der Waals surface area contributed by atoms with E-state index >= 15 is 0 Å². The molecule has 0 aliphatic rings. The zero-order valence-electron chi connectivity index (χ0n) is 16.8. The number of hydrogen-bond acceptors (Lipinski definition) is 5. The summed E-state index contributed by atoms with van der Waals surface area (Å²) in [4.78, 5) is 24.3. The second-order valence-corrected chi connectivity index (χ2v) is 7.43. The maximum absolute atomic E-state index is 13.7. The molecule has 1 heterocycles. The third kappa shape index (κ3) is 6.26. The zero-order chi connectivity index (χ0) is 22.1. The number of nitrogens with one attached hydrogen (secondary N) is 2. The molecule has 0 aliphatic carbocycles. The predicted molar refractivity (Wildman–Crippen MR) is 118 cm³/mol. The summed E-state index contributed by atoms with van der Waals surface area (Å²) in [6.07, 6.45) is 2.11. The van der Waals surface area contributed by atoms with Gasteiger partial charge in [0.15, 0.2) is 5.16 Å². The monoisotopic (exact) mass is 439 g/mol. The van der Waals surface area contributed by atoms with Crippen molar-refractivity contribution >= 4 is 29.3 Å². The topological polar surface area (TPSA) is 88.9 Å². The van der Waals surface area contributed by atoms with E-state index in [-0.39, 0.29) is 23.8 Å². The smallest absolute Gasteiger partial charge is 0.254 e. The Morgan fingerprint density at radius 1 is 1.10 bits per heavy atom. The molecule has 7 nitrogen and oxygen atoms in total. The minimum absolute atomic E-state index is 0.00395. The molecule has 0 saturated carbocycles. The fourth-order valence-electron chi connectivity index (χ4n) is 2.80. The lowest BCUT2D eigenvalue weighted by atomic mass is 10.2. The Morgan fingerprint density at radius 3 is 2.58 bits per heavy atom. The molecule has 0 saturated heterocycles. The second kappa shape index (κ2) is 11.1. The van der Waals surface area contributed by atoms with E-state index in [0.29, 0.717) is 23.9 Å². The highest BCUT2D eigenvalue weighted by atomic mass is 32.2. The summed E-state index contributed by atoms with van der Waals surface area (Å²) in [5.41, 5.74) is 0.725. The van der Waals surface area contributed by atoms with Crippen molar-refractivity contribution < 1.29 is 14.0 Å². The van der Waals surface area contributed by atoms with Crippen LogP contribution in [0.2, 0.25) is 0 Å². The molecule has 1 aromatic heterocycles. The van der Waals surface area contributed by atoms with E-state index in [2.05, 4.69) is 27.4 Å². The molecular weight excluding hydrogens is 417 g/mol. The fraction of sp³-hybridized carbons (Fsp3) is 0.182. The molecule has 0 spiro atoms. The standard InChI is InChI=1S/C22H22FN5O2S/c1-2-14-28-19(12-13-24-21(30)17-10-6-7-11-18(17)23)26-27-22(28)31-15-20(29)25-16-8-4-3-5-9-16/h2-11H,1,12-15H2,(H,24,30)(H,25,29). The van der Waals surface area contributed by atoms with Crippen molar-refractivity contribution in [2.75, 3.05) is 17.6 Å². The van der Waals surface area contributed by atoms with Crippen LogP contribution in [0.3, 0.4) is 0 Å². The van der Waals surface area contributed by atoms with Gasteiger partial charge >= 0.3 is 0 Å². The molecule has 0 radical (unpaired) electrons. The summed E-state index contributed by atoms with van der Waals surface area (Å²) in [7, 11) is 0. The summed E-state index contributed by atoms with van der Waals surface area (Å²) in [5, 5.41) is 14.4. The van der Waals surface area contributed by atoms with Crippen LogP contribution in [0.5, 0.6) is 0 Å². The van der Waals surface area contributed by atoms with E-state index in [9.17, 15) is 14.0 Å². The molecule has 2 amide bonds. The summed E-state index contributed by atoms with van der Waals surface area (Å²) < 4.78 is 15.5. The van der Waals surface area contributed by atoms with Crippen molar-refractivity contribution in [3.8, 4) is 0 Å². The van der Waals surface area contributed by atoms with Crippen molar-refractivity contribution in [2.24, 2.45) is 0 Å². The van der Waals surface area contributed by atoms with E-state index in [1.807, 2.05) is 34.9 Å². The van der Waals surface area contributed by atoms with Crippen LogP contribution in [-0.4, -0.2) is 38.9 Å². The van der Waals surface area contributed by atoms with Gasteiger partial charge < -0.3 is 15.2 Å². The van der Waals surface area contributed by atoms with Gasteiger partial charge in [-0.3, -0.25) is 9.59 Å². The number of thioether (sulfide) groups is 1. The number of carbonyl (C=O) groups excluding carboxylic acids is 2. The highest BCUT2D eigenvalue weighted by Crippen LogP contribution is 2.18. The first-order valence-corrected chi connectivity index (χ1v) is 10.6. The number of anilines is 1. The number of carbonyl (C=O) groups is 2. The van der Waals surface area contributed by atoms with Crippen molar-refractivity contribution in [3.05, 3.63) is 84.5 Å². The maximum Gasteiger partial charge on any atom is 0.254 e. The summed E-state index contributed by atoms with van der Waals surface area (Å²) in [6, 6.07) is 15.0. The first-order chi connectivity index (χ1) is 15.1. The number of para-hydroxylation sites is 1. The van der Waals surface area contributed by atoms with Gasteiger partial charge in [-0.25, -0.2) is 4.39 Å². The minimum Gasteiger partial charge on any atom is -0.351 e. The minimum atomic E-state index is -0.567. The number of amides is 2. The predicted octanol–water partition coefficient (Wildman–Crippen LogP) is 3.31. The lowest BCUT2D eigenvalue weighted by Gasteiger charge is -2.09. The van der Waals surface area contributed by atoms with Crippen LogP contribution in [-0.2, 0) is 17.8 Å². The van der Waals surface area contributed by atoms with Crippen LogP contribution < -0.4 is 10.6 Å². The SMILES string of the molecule is C=CCn1c(CCNC(=O)c2ccccc2F)nnc1SCC(=O)Nc1ccccc1. The van der Waals surface area contributed by atoms with Crippen molar-refractivity contribution in [1.29, 1.82) is 0 Å². The Kier molecular flexibility index (Phi) is 7.94. The van der Waals surface area contributed by atoms with Gasteiger partial charge in [0.2, 0.25) is 5.91 Å². The van der Waals surface area contributed by atoms with Gasteiger partial charge in [-0.05, 0) is 24.3 Å². The van der Waals surface area contributed by atoms with Gasteiger partial charge in [0.1, 0.15) is 11.6 Å². The van der Waals surface area contributed by atoms with E-state index < -0.39 is 11.7 Å². The molecule has 160 valence electrons. The number of nitrogens with zero attached hydrogens (tertiary/aromatic N) is 3. The quantitative estimate of drug-likeness (QED) is 0.374. The van der Waals surface area contributed by atoms with Crippen LogP contribution in [0, 0.1) is 5.82 Å². The summed E-state index contributed by atoms with van der Waals surface area (Å²) >= 11 is 1.27. The zero-order valence-corrected chi connectivity index (χ0v) is 17.6. The molecule has 0 aliphatic heterocycles. The van der Waals surface area contributed by atoms with Gasteiger partial charge in [0.05, 0.1) is 11.3 Å². The van der Waals surface area contributed by atoms with E-state index in [1.165, 1.54) is 30.0 Å². The molecule has 2 N–H and O–H groups in total. The molecule has 3 rings (SSSR count). The summed E-state index contributed by atoms with van der Waals surface area (Å²) in [5.74, 6) is -0.390. The average molecular weight is 440 g/mol. The fourth-order valence-corrected chi connectivity index (χ4v) is 3.57. The third-order valence-corrected chi connectivity index (χ3v) is 5.21. The van der Waals surface area contributed by atoms with E-state index in [4.69, 9.17) is 0 Å². The molecule has 2 aromatic carbocycles. The number of rotatable bonds is 10. The first-order valence-electron chi connectivity index (χ1n) is 9.62. The van der Waals surface area contributed by atoms with Crippen LogP contribution in [0.1, 0.15) is 16.2 Å². The molecule has 3 aromatic rings. The largest absolute Gasteiger partial charge is 0.351 e. The number of allylic oxidation sites excluding steroid dienone is 1. The number of aromatic nitrogens is 3. The van der Waals surface area contributed by atoms with Gasteiger partial charge in [-0.15, -0.1) is 16.8 Å². The number of halogens is 1. The second-order valence-electron chi connectivity index (χ2n) is 6.49. The van der Waals surface area contributed by atoms with Gasteiger partial charge in [0, 0.05) is 25.2 Å². The Hall–Kier alpha value is -3.46. The van der Waals surface area contributed by atoms with Crippen molar-refractivity contribution in [3.63, 3.8) is 0 Å². The van der Waals surface area contributed by atoms with Crippen LogP contribution in [0.25, 0.3) is 0 Å². The summed E-state index contributed by atoms with van der Waals surface area (Å²) in [6.45, 7) is 4.48. The highest BCUT2D eigenvalue weighted by molar-refractivity contribution is 7.99. The van der Waals surface area contributed by atoms with Crippen LogP contribution in [0.15, 0.2) is 72.4 Å². The Morgan fingerprint density at radius 2 is 1.84 bits per heavy atom. The van der Waals surface area contributed by atoms with Gasteiger partial charge in [0.25, 0.3) is 5.91 Å². The van der Waals surface area contributed by atoms with Crippen molar-refractivity contribution in [1.82, 2.24) is 20.1 Å². The Labute approximate surface area is 183 Å². The normalized spacial score (nSPS) is 10.5. The van der Waals surface area contributed by atoms with Gasteiger partial charge in [-0.1, -0.05) is 48.2 Å². The lowest BCUT2D eigenvalue weighted by Crippen LogP contribution is -2.27. The Balaban J connectivity index is 1.55. The molecular formula is C22H22FN5O2S. The van der Waals surface area contributed by atoms with E-state index in [0.717, 1.165) is 5.69 Å². The van der Waals surface area contributed by atoms with Crippen molar-refractivity contribution in [2.45, 2.75) is 18.1 Å². The highest BCUT2D eigenvalue weighted by Gasteiger charge is 2.15. The third-order valence-electron chi connectivity index (χ3n) is 4.25. The van der Waals surface area contributed by atoms with Crippen LogP contribution >= 0.6 is 11.8 Å². The molecule has 0 unspecified atom stereocenters. The maximum atomic E-state index is 13.7. The van der Waals surface area contributed by atoms with E-state index in [1.54, 1.807) is 12.1 Å². The van der Waals surface area contributed by atoms with Gasteiger partial charge in [-0.2, -0.15) is 0 Å². The Bertz CT molecular complexity index is 1060. The number of benzene rings is 2. The molecule has 0 fully saturated rings. The molecule has 0 atom stereocenters.